The van der Waals surface area contributed by atoms with Crippen LogP contribution < -0.4 is 10.6 Å². The molecule has 2 aliphatic rings. The van der Waals surface area contributed by atoms with Gasteiger partial charge < -0.3 is 20.3 Å². The highest BCUT2D eigenvalue weighted by molar-refractivity contribution is 5.79. The number of aliphatic imine (C=N–C) groups is 1. The molecular weight excluding hydrogens is 328 g/mol. The smallest absolute Gasteiger partial charge is 0.222 e. The normalized spacial score (nSPS) is 20.0. The molecule has 26 heavy (non-hydrogen) atoms. The number of guanidine groups is 1. The first-order chi connectivity index (χ1) is 12.7. The minimum Gasteiger partial charge on any atom is -0.378 e. The van der Waals surface area contributed by atoms with Crippen LogP contribution in [0.15, 0.2) is 4.99 Å². The molecule has 0 bridgehead atoms. The van der Waals surface area contributed by atoms with Crippen molar-refractivity contribution < 1.29 is 9.53 Å². The zero-order chi connectivity index (χ0) is 18.6. The van der Waals surface area contributed by atoms with E-state index >= 15 is 0 Å². The summed E-state index contributed by atoms with van der Waals surface area (Å²) in [5.74, 6) is 1.91. The maximum absolute atomic E-state index is 11.6. The predicted octanol–water partition coefficient (Wildman–Crippen LogP) is 2.54. The lowest BCUT2D eigenvalue weighted by atomic mass is 9.98. The van der Waals surface area contributed by atoms with Crippen molar-refractivity contribution in [3.05, 3.63) is 0 Å². The summed E-state index contributed by atoms with van der Waals surface area (Å²) in [7, 11) is 0. The number of amides is 1. The van der Waals surface area contributed by atoms with Gasteiger partial charge in [0, 0.05) is 45.8 Å². The van der Waals surface area contributed by atoms with Crippen molar-refractivity contribution in [2.45, 2.75) is 71.3 Å². The van der Waals surface area contributed by atoms with E-state index in [-0.39, 0.29) is 0 Å². The van der Waals surface area contributed by atoms with E-state index in [2.05, 4.69) is 29.5 Å². The minimum atomic E-state index is 0.299. The largest absolute Gasteiger partial charge is 0.378 e. The molecule has 6 heteroatoms. The summed E-state index contributed by atoms with van der Waals surface area (Å²) in [6.07, 6.45) is 9.39. The molecule has 150 valence electrons. The standard InChI is InChI=1S/C20H38N4O2/c1-3-21-20(22-13-8-16-24-15-7-11-19(24)25)23-14-12-18(26-4-2)17-9-5-6-10-17/h17-18H,3-16H2,1-2H3,(H2,21,22,23). The van der Waals surface area contributed by atoms with Crippen LogP contribution in [-0.4, -0.2) is 62.2 Å². The van der Waals surface area contributed by atoms with Gasteiger partial charge in [0.15, 0.2) is 5.96 Å². The summed E-state index contributed by atoms with van der Waals surface area (Å²) in [4.78, 5) is 18.2. The van der Waals surface area contributed by atoms with Crippen LogP contribution >= 0.6 is 0 Å². The summed E-state index contributed by atoms with van der Waals surface area (Å²) in [6.45, 7) is 9.21. The molecule has 6 nitrogen and oxygen atoms in total. The van der Waals surface area contributed by atoms with Crippen molar-refractivity contribution in [1.82, 2.24) is 15.5 Å². The molecule has 2 N–H and O–H groups in total. The fraction of sp³-hybridized carbons (Fsp3) is 0.900. The van der Waals surface area contributed by atoms with Crippen molar-refractivity contribution in [1.29, 1.82) is 0 Å². The molecule has 1 aliphatic heterocycles. The second-order valence-electron chi connectivity index (χ2n) is 7.35. The number of rotatable bonds is 11. The number of ether oxygens (including phenoxy) is 1. The highest BCUT2D eigenvalue weighted by atomic mass is 16.5. The molecule has 1 saturated carbocycles. The Morgan fingerprint density at radius 1 is 1.27 bits per heavy atom. The van der Waals surface area contributed by atoms with E-state index in [9.17, 15) is 4.79 Å². The number of nitrogens with one attached hydrogen (secondary N) is 2. The number of likely N-dealkylation sites (tertiary alicyclic amines) is 1. The summed E-state index contributed by atoms with van der Waals surface area (Å²) in [6, 6.07) is 0. The first-order valence-corrected chi connectivity index (χ1v) is 10.7. The monoisotopic (exact) mass is 366 g/mol. The third kappa shape index (κ3) is 7.14. The summed E-state index contributed by atoms with van der Waals surface area (Å²) < 4.78 is 6.00. The quantitative estimate of drug-likeness (QED) is 0.335. The first kappa shape index (κ1) is 21.0. The van der Waals surface area contributed by atoms with Crippen LogP contribution in [0, 0.1) is 5.92 Å². The van der Waals surface area contributed by atoms with Gasteiger partial charge in [-0.05, 0) is 51.9 Å². The molecule has 2 fully saturated rings. The molecule has 1 unspecified atom stereocenters. The first-order valence-electron chi connectivity index (χ1n) is 10.7. The summed E-state index contributed by atoms with van der Waals surface area (Å²) in [5, 5.41) is 6.76. The zero-order valence-corrected chi connectivity index (χ0v) is 16.8. The summed E-state index contributed by atoms with van der Waals surface area (Å²) >= 11 is 0. The molecule has 1 heterocycles. The van der Waals surface area contributed by atoms with E-state index in [0.29, 0.717) is 12.0 Å². The van der Waals surface area contributed by atoms with E-state index in [0.717, 1.165) is 76.9 Å². The van der Waals surface area contributed by atoms with E-state index in [1.54, 1.807) is 0 Å². The molecule has 0 radical (unpaired) electrons. The molecule has 1 atom stereocenters. The Balaban J connectivity index is 1.69. The van der Waals surface area contributed by atoms with Gasteiger partial charge in [-0.2, -0.15) is 0 Å². The molecule has 0 aromatic rings. The second-order valence-corrected chi connectivity index (χ2v) is 7.35. The third-order valence-electron chi connectivity index (χ3n) is 5.40. The Bertz CT molecular complexity index is 436. The second kappa shape index (κ2) is 12.2. The van der Waals surface area contributed by atoms with E-state index in [1.807, 2.05) is 4.90 Å². The van der Waals surface area contributed by atoms with Gasteiger partial charge in [-0.25, -0.2) is 0 Å². The average molecular weight is 367 g/mol. The zero-order valence-electron chi connectivity index (χ0n) is 16.8. The average Bonchev–Trinajstić information content (AvgIpc) is 3.30. The number of nitrogens with zero attached hydrogens (tertiary/aromatic N) is 2. The lowest BCUT2D eigenvalue weighted by molar-refractivity contribution is -0.127. The van der Waals surface area contributed by atoms with Gasteiger partial charge in [-0.3, -0.25) is 9.79 Å². The number of hydrogen-bond acceptors (Lipinski definition) is 3. The third-order valence-corrected chi connectivity index (χ3v) is 5.40. The van der Waals surface area contributed by atoms with Gasteiger partial charge in [-0.15, -0.1) is 0 Å². The molecule has 0 aromatic carbocycles. The predicted molar refractivity (Wildman–Crippen MR) is 106 cm³/mol. The van der Waals surface area contributed by atoms with Crippen LogP contribution in [0.3, 0.4) is 0 Å². The Hall–Kier alpha value is -1.30. The van der Waals surface area contributed by atoms with Crippen molar-refractivity contribution in [2.75, 3.05) is 39.3 Å². The Kier molecular flexibility index (Phi) is 9.82. The molecule has 1 saturated heterocycles. The molecule has 0 spiro atoms. The number of carbonyl (C=O) groups is 1. The van der Waals surface area contributed by atoms with Gasteiger partial charge in [0.2, 0.25) is 5.91 Å². The Labute approximate surface area is 159 Å². The van der Waals surface area contributed by atoms with Crippen molar-refractivity contribution in [2.24, 2.45) is 10.9 Å². The van der Waals surface area contributed by atoms with Crippen LogP contribution in [0.2, 0.25) is 0 Å². The lowest BCUT2D eigenvalue weighted by Crippen LogP contribution is -2.39. The SMILES string of the molecule is CCNC(=NCCCN1CCCC1=O)NCCC(OCC)C1CCCC1. The number of hydrogen-bond donors (Lipinski definition) is 2. The maximum Gasteiger partial charge on any atom is 0.222 e. The number of carbonyl (C=O) groups excluding carboxylic acids is 1. The topological polar surface area (TPSA) is 66.0 Å². The van der Waals surface area contributed by atoms with Gasteiger partial charge in [-0.1, -0.05) is 12.8 Å². The fourth-order valence-corrected chi connectivity index (χ4v) is 4.07. The summed E-state index contributed by atoms with van der Waals surface area (Å²) in [5.41, 5.74) is 0. The highest BCUT2D eigenvalue weighted by Gasteiger charge is 2.25. The molecule has 1 amide bonds. The highest BCUT2D eigenvalue weighted by Crippen LogP contribution is 2.30. The van der Waals surface area contributed by atoms with Crippen LogP contribution in [0.5, 0.6) is 0 Å². The van der Waals surface area contributed by atoms with Crippen LogP contribution in [0.25, 0.3) is 0 Å². The van der Waals surface area contributed by atoms with Crippen LogP contribution in [0.4, 0.5) is 0 Å². The van der Waals surface area contributed by atoms with Crippen molar-refractivity contribution >= 4 is 11.9 Å². The molecule has 2 rings (SSSR count). The molecule has 0 aromatic heterocycles. The minimum absolute atomic E-state index is 0.299. The van der Waals surface area contributed by atoms with Crippen LogP contribution in [-0.2, 0) is 9.53 Å². The Morgan fingerprint density at radius 3 is 2.73 bits per heavy atom. The molecule has 1 aliphatic carbocycles. The lowest BCUT2D eigenvalue weighted by Gasteiger charge is -2.24. The fourth-order valence-electron chi connectivity index (χ4n) is 4.07. The van der Waals surface area contributed by atoms with Gasteiger partial charge in [0.1, 0.15) is 0 Å². The molecular formula is C20H38N4O2. The van der Waals surface area contributed by atoms with Crippen molar-refractivity contribution in [3.63, 3.8) is 0 Å². The Morgan fingerprint density at radius 2 is 2.08 bits per heavy atom. The van der Waals surface area contributed by atoms with Gasteiger partial charge in [0.25, 0.3) is 0 Å². The van der Waals surface area contributed by atoms with Gasteiger partial charge in [0.05, 0.1) is 6.10 Å². The van der Waals surface area contributed by atoms with E-state index in [4.69, 9.17) is 4.74 Å². The van der Waals surface area contributed by atoms with Gasteiger partial charge >= 0.3 is 0 Å². The van der Waals surface area contributed by atoms with E-state index < -0.39 is 0 Å². The van der Waals surface area contributed by atoms with E-state index in [1.165, 1.54) is 25.7 Å². The maximum atomic E-state index is 11.6. The van der Waals surface area contributed by atoms with Crippen molar-refractivity contribution in [3.8, 4) is 0 Å². The van der Waals surface area contributed by atoms with Crippen LogP contribution in [0.1, 0.15) is 65.2 Å².